The Bertz CT molecular complexity index is 1290. The lowest BCUT2D eigenvalue weighted by molar-refractivity contribution is -0.401. The van der Waals surface area contributed by atoms with Crippen LogP contribution < -0.4 is 0 Å². The van der Waals surface area contributed by atoms with Gasteiger partial charge in [-0.2, -0.15) is 4.58 Å². The van der Waals surface area contributed by atoms with Gasteiger partial charge in [-0.15, -0.1) is 0 Å². The summed E-state index contributed by atoms with van der Waals surface area (Å²) in [6.07, 6.45) is 15.6. The minimum Gasteiger partial charge on any atom is -0.485 e. The molecule has 0 bridgehead atoms. The lowest BCUT2D eigenvalue weighted by Gasteiger charge is -2.34. The highest BCUT2D eigenvalue weighted by Crippen LogP contribution is 2.40. The fourth-order valence-corrected chi connectivity index (χ4v) is 5.24. The van der Waals surface area contributed by atoms with Gasteiger partial charge in [-0.05, 0) is 37.6 Å². The molecule has 34 heavy (non-hydrogen) atoms. The second-order valence-corrected chi connectivity index (χ2v) is 9.94. The summed E-state index contributed by atoms with van der Waals surface area (Å²) in [6, 6.07) is 19.1. The van der Waals surface area contributed by atoms with Gasteiger partial charge in [0.05, 0.1) is 5.41 Å². The summed E-state index contributed by atoms with van der Waals surface area (Å²) in [7, 11) is 6.30. The van der Waals surface area contributed by atoms with Crippen molar-refractivity contribution in [1.82, 2.24) is 4.90 Å². The second-order valence-electron chi connectivity index (χ2n) is 9.94. The predicted molar refractivity (Wildman–Crippen MR) is 141 cm³/mol. The quantitative estimate of drug-likeness (QED) is 0.513. The Labute approximate surface area is 203 Å². The van der Waals surface area contributed by atoms with Gasteiger partial charge >= 0.3 is 0 Å². The molecule has 172 valence electrons. The average Bonchev–Trinajstić information content (AvgIpc) is 3.04. The van der Waals surface area contributed by atoms with Crippen molar-refractivity contribution in [2.24, 2.45) is 5.92 Å². The van der Waals surface area contributed by atoms with E-state index in [9.17, 15) is 0 Å². The Balaban J connectivity index is 1.51. The molecule has 1 aliphatic carbocycles. The first kappa shape index (κ1) is 22.2. The molecule has 0 saturated carbocycles. The Morgan fingerprint density at radius 3 is 2.47 bits per heavy atom. The van der Waals surface area contributed by atoms with E-state index < -0.39 is 0 Å². The van der Waals surface area contributed by atoms with Crippen LogP contribution in [0.25, 0.3) is 5.76 Å². The van der Waals surface area contributed by atoms with Gasteiger partial charge in [0.1, 0.15) is 18.9 Å². The highest BCUT2D eigenvalue weighted by Gasteiger charge is 2.42. The van der Waals surface area contributed by atoms with Gasteiger partial charge in [-0.3, -0.25) is 0 Å². The molecule has 0 aromatic heterocycles. The van der Waals surface area contributed by atoms with Crippen LogP contribution in [0.3, 0.4) is 0 Å². The van der Waals surface area contributed by atoms with Gasteiger partial charge in [0.25, 0.3) is 0 Å². The third-order valence-corrected chi connectivity index (χ3v) is 7.17. The molecule has 5 rings (SSSR count). The van der Waals surface area contributed by atoms with Crippen molar-refractivity contribution in [2.75, 3.05) is 21.1 Å². The molecular formula is C31H33N2O+. The maximum Gasteiger partial charge on any atom is 0.209 e. The standard InChI is InChI=1S/C31H33N2O/c1-31(2)26-15-9-10-16-27(26)33(5)30(31)17-11-14-23-20-28(22-12-7-6-8-13-22)34-29-21-24(32(3)4)18-19-25(23)29/h6-21,25,29H,1-5H3/q+1/b17-11+,23-14+. The van der Waals surface area contributed by atoms with Crippen molar-refractivity contribution < 1.29 is 9.31 Å². The van der Waals surface area contributed by atoms with Crippen LogP contribution in [0, 0.1) is 5.92 Å². The van der Waals surface area contributed by atoms with E-state index >= 15 is 0 Å². The van der Waals surface area contributed by atoms with Gasteiger partial charge in [0, 0.05) is 49.0 Å². The zero-order valence-corrected chi connectivity index (χ0v) is 20.7. The number of nitrogens with zero attached hydrogens (tertiary/aromatic N) is 2. The lowest BCUT2D eigenvalue weighted by Crippen LogP contribution is -2.29. The van der Waals surface area contributed by atoms with E-state index in [1.54, 1.807) is 0 Å². The van der Waals surface area contributed by atoms with Crippen LogP contribution in [0.5, 0.6) is 0 Å². The number of allylic oxidation sites excluding steroid dienone is 5. The highest BCUT2D eigenvalue weighted by molar-refractivity contribution is 6.03. The normalized spacial score (nSPS) is 24.0. The number of ether oxygens (including phenoxy) is 1. The van der Waals surface area contributed by atoms with E-state index in [4.69, 9.17) is 4.74 Å². The minimum absolute atomic E-state index is 0.0234. The van der Waals surface area contributed by atoms with Gasteiger partial charge < -0.3 is 9.64 Å². The zero-order chi connectivity index (χ0) is 23.9. The van der Waals surface area contributed by atoms with Crippen LogP contribution in [0.2, 0.25) is 0 Å². The van der Waals surface area contributed by atoms with Crippen LogP contribution in [0.15, 0.2) is 108 Å². The summed E-state index contributed by atoms with van der Waals surface area (Å²) in [5.74, 6) is 1.11. The van der Waals surface area contributed by atoms with Gasteiger partial charge in [-0.1, -0.05) is 66.8 Å². The van der Waals surface area contributed by atoms with Crippen LogP contribution in [0.1, 0.15) is 25.0 Å². The topological polar surface area (TPSA) is 15.5 Å². The fraction of sp³-hybridized carbons (Fsp3) is 0.258. The number of hydrogen-bond acceptors (Lipinski definition) is 2. The van der Waals surface area contributed by atoms with E-state index in [-0.39, 0.29) is 17.4 Å². The molecule has 3 nitrogen and oxygen atoms in total. The molecule has 2 aromatic carbocycles. The highest BCUT2D eigenvalue weighted by atomic mass is 16.5. The Hall–Kier alpha value is -3.59. The SMILES string of the molecule is CN(C)C1=CC2OC(c3ccccc3)=C/C(=C\C=C\C3=[N+](C)c4ccccc4C3(C)C)C2C=C1. The summed E-state index contributed by atoms with van der Waals surface area (Å²) in [5.41, 5.74) is 7.47. The van der Waals surface area contributed by atoms with Crippen molar-refractivity contribution in [3.05, 3.63) is 120 Å². The molecule has 2 unspecified atom stereocenters. The van der Waals surface area contributed by atoms with Crippen molar-refractivity contribution in [1.29, 1.82) is 0 Å². The number of para-hydroxylation sites is 1. The first-order valence-corrected chi connectivity index (χ1v) is 12.0. The van der Waals surface area contributed by atoms with E-state index in [1.165, 1.54) is 28.2 Å². The minimum atomic E-state index is -0.0301. The van der Waals surface area contributed by atoms with E-state index in [2.05, 4.69) is 136 Å². The molecule has 3 heteroatoms. The third kappa shape index (κ3) is 3.86. The molecule has 2 aliphatic heterocycles. The summed E-state index contributed by atoms with van der Waals surface area (Å²) < 4.78 is 8.80. The monoisotopic (exact) mass is 449 g/mol. The maximum absolute atomic E-state index is 6.49. The number of hydrogen-bond donors (Lipinski definition) is 0. The Morgan fingerprint density at radius 2 is 1.74 bits per heavy atom. The average molecular weight is 450 g/mol. The van der Waals surface area contributed by atoms with Crippen LogP contribution in [-0.4, -0.2) is 42.4 Å². The van der Waals surface area contributed by atoms with Crippen molar-refractivity contribution >= 4 is 17.2 Å². The zero-order valence-electron chi connectivity index (χ0n) is 20.7. The molecule has 3 aliphatic rings. The first-order valence-electron chi connectivity index (χ1n) is 12.0. The number of rotatable bonds is 4. The molecule has 0 fully saturated rings. The lowest BCUT2D eigenvalue weighted by atomic mass is 9.81. The largest absolute Gasteiger partial charge is 0.485 e. The molecular weight excluding hydrogens is 416 g/mol. The molecule has 0 spiro atoms. The number of likely N-dealkylation sites (N-methyl/N-ethyl adjacent to an activating group) is 1. The Morgan fingerprint density at radius 1 is 1.00 bits per heavy atom. The maximum atomic E-state index is 6.49. The molecule has 2 atom stereocenters. The second kappa shape index (κ2) is 8.64. The molecule has 0 saturated heterocycles. The summed E-state index contributed by atoms with van der Waals surface area (Å²) in [5, 5.41) is 0. The van der Waals surface area contributed by atoms with Crippen LogP contribution >= 0.6 is 0 Å². The summed E-state index contributed by atoms with van der Waals surface area (Å²) in [4.78, 5) is 2.13. The van der Waals surface area contributed by atoms with E-state index in [0.29, 0.717) is 0 Å². The predicted octanol–water partition coefficient (Wildman–Crippen LogP) is 6.25. The van der Waals surface area contributed by atoms with E-state index in [1.807, 2.05) is 6.07 Å². The smallest absolute Gasteiger partial charge is 0.209 e. The van der Waals surface area contributed by atoms with Crippen molar-refractivity contribution in [3.63, 3.8) is 0 Å². The van der Waals surface area contributed by atoms with Crippen LogP contribution in [0.4, 0.5) is 5.69 Å². The molecule has 0 N–H and O–H groups in total. The van der Waals surface area contributed by atoms with E-state index in [0.717, 1.165) is 11.3 Å². The number of benzene rings is 2. The van der Waals surface area contributed by atoms with Gasteiger partial charge in [0.15, 0.2) is 5.71 Å². The molecule has 2 aromatic rings. The first-order chi connectivity index (χ1) is 16.4. The number of fused-ring (bicyclic) bond motifs is 2. The van der Waals surface area contributed by atoms with Crippen molar-refractivity contribution in [3.8, 4) is 0 Å². The Kier molecular flexibility index (Phi) is 5.65. The molecule has 2 heterocycles. The summed E-state index contributed by atoms with van der Waals surface area (Å²) in [6.45, 7) is 4.61. The fourth-order valence-electron chi connectivity index (χ4n) is 5.24. The molecule has 0 radical (unpaired) electrons. The van der Waals surface area contributed by atoms with Crippen molar-refractivity contribution in [2.45, 2.75) is 25.4 Å². The van der Waals surface area contributed by atoms with Crippen LogP contribution in [-0.2, 0) is 10.2 Å². The summed E-state index contributed by atoms with van der Waals surface area (Å²) >= 11 is 0. The third-order valence-electron chi connectivity index (χ3n) is 7.17. The molecule has 0 amide bonds. The van der Waals surface area contributed by atoms with Gasteiger partial charge in [0.2, 0.25) is 5.69 Å². The van der Waals surface area contributed by atoms with Gasteiger partial charge in [-0.25, -0.2) is 0 Å².